The highest BCUT2D eigenvalue weighted by Gasteiger charge is 2.20. The molecule has 1 atom stereocenters. The van der Waals surface area contributed by atoms with Crippen molar-refractivity contribution in [3.8, 4) is 22.8 Å². The van der Waals surface area contributed by atoms with Crippen molar-refractivity contribution >= 4 is 22.3 Å². The Kier molecular flexibility index (Phi) is 15.7. The number of amidine groups is 1. The lowest BCUT2D eigenvalue weighted by Crippen LogP contribution is -2.40. The summed E-state index contributed by atoms with van der Waals surface area (Å²) in [5.74, 6) is 1.41. The monoisotopic (exact) mass is 684 g/mol. The fraction of sp³-hybridized carbons (Fsp3) is 0.543. The van der Waals surface area contributed by atoms with Crippen LogP contribution in [-0.4, -0.2) is 119 Å². The second kappa shape index (κ2) is 20.1. The van der Waals surface area contributed by atoms with E-state index >= 15 is 0 Å². The Labute approximate surface area is 289 Å². The molecule has 13 heteroatoms. The van der Waals surface area contributed by atoms with Crippen molar-refractivity contribution in [1.29, 1.82) is 0 Å². The molecule has 12 nitrogen and oxygen atoms in total. The predicted molar refractivity (Wildman–Crippen MR) is 191 cm³/mol. The SMILES string of the molecule is CCCCC(Oc1ccc(C(N)=NO)cc1)Oc1ccc(-c2nc(N(C)CCN3CCOCC3)sc2CN(CCOC)CCOC)cc1. The number of nitrogens with zero attached hydrogens (tertiary/aromatic N) is 5. The number of oxime groups is 1. The zero-order valence-corrected chi connectivity index (χ0v) is 29.6. The Balaban J connectivity index is 1.51. The third-order valence-corrected chi connectivity index (χ3v) is 9.33. The summed E-state index contributed by atoms with van der Waals surface area (Å²) in [4.78, 5) is 13.4. The highest BCUT2D eigenvalue weighted by molar-refractivity contribution is 7.16. The van der Waals surface area contributed by atoms with Gasteiger partial charge >= 0.3 is 0 Å². The van der Waals surface area contributed by atoms with E-state index in [1.165, 1.54) is 4.88 Å². The summed E-state index contributed by atoms with van der Waals surface area (Å²) in [6, 6.07) is 15.2. The third-order valence-electron chi connectivity index (χ3n) is 8.17. The molecule has 264 valence electrons. The molecule has 1 saturated heterocycles. The smallest absolute Gasteiger partial charge is 0.241 e. The fourth-order valence-corrected chi connectivity index (χ4v) is 6.34. The molecule has 0 bridgehead atoms. The van der Waals surface area contributed by atoms with Gasteiger partial charge in [0.25, 0.3) is 0 Å². The molecule has 0 saturated carbocycles. The van der Waals surface area contributed by atoms with E-state index in [1.807, 2.05) is 12.1 Å². The first-order valence-electron chi connectivity index (χ1n) is 16.7. The highest BCUT2D eigenvalue weighted by atomic mass is 32.1. The number of benzene rings is 2. The fourth-order valence-electron chi connectivity index (χ4n) is 5.23. The number of hydrogen-bond acceptors (Lipinski definition) is 12. The van der Waals surface area contributed by atoms with Gasteiger partial charge in [-0.2, -0.15) is 0 Å². The minimum Gasteiger partial charge on any atom is -0.455 e. The second-order valence-corrected chi connectivity index (χ2v) is 12.8. The Morgan fingerprint density at radius 1 is 1.00 bits per heavy atom. The van der Waals surface area contributed by atoms with Crippen LogP contribution in [0.5, 0.6) is 11.5 Å². The molecular weight excluding hydrogens is 632 g/mol. The van der Waals surface area contributed by atoms with E-state index in [1.54, 1.807) is 49.8 Å². The van der Waals surface area contributed by atoms with Gasteiger partial charge in [-0.3, -0.25) is 9.80 Å². The van der Waals surface area contributed by atoms with Crippen molar-refractivity contribution in [2.75, 3.05) is 91.9 Å². The van der Waals surface area contributed by atoms with Gasteiger partial charge in [-0.15, -0.1) is 0 Å². The van der Waals surface area contributed by atoms with Crippen LogP contribution < -0.4 is 20.1 Å². The second-order valence-electron chi connectivity index (χ2n) is 11.7. The number of morpholine rings is 1. The van der Waals surface area contributed by atoms with Gasteiger partial charge in [0.05, 0.1) is 32.1 Å². The van der Waals surface area contributed by atoms with E-state index in [0.717, 1.165) is 100 Å². The van der Waals surface area contributed by atoms with E-state index in [4.69, 9.17) is 39.6 Å². The third kappa shape index (κ3) is 11.6. The summed E-state index contributed by atoms with van der Waals surface area (Å²) < 4.78 is 28.9. The highest BCUT2D eigenvalue weighted by Crippen LogP contribution is 2.35. The molecule has 3 N–H and O–H groups in total. The number of methoxy groups -OCH3 is 2. The number of aromatic nitrogens is 1. The van der Waals surface area contributed by atoms with Gasteiger partial charge in [0.2, 0.25) is 6.29 Å². The molecule has 1 aliphatic heterocycles. The van der Waals surface area contributed by atoms with Gasteiger partial charge in [-0.05, 0) is 55.0 Å². The number of nitrogens with two attached hydrogens (primary N) is 1. The minimum atomic E-state index is -0.470. The van der Waals surface area contributed by atoms with Crippen LogP contribution >= 0.6 is 11.3 Å². The van der Waals surface area contributed by atoms with Gasteiger partial charge in [0, 0.05) is 89.5 Å². The average Bonchev–Trinajstić information content (AvgIpc) is 3.55. The maximum absolute atomic E-state index is 8.95. The Hall–Kier alpha value is -3.46. The quantitative estimate of drug-likeness (QED) is 0.0531. The molecule has 2 aromatic carbocycles. The largest absolute Gasteiger partial charge is 0.455 e. The summed E-state index contributed by atoms with van der Waals surface area (Å²) in [5, 5.41) is 13.0. The van der Waals surface area contributed by atoms with Gasteiger partial charge < -0.3 is 39.5 Å². The Bertz CT molecular complexity index is 1360. The van der Waals surface area contributed by atoms with Crippen molar-refractivity contribution in [2.45, 2.75) is 39.0 Å². The van der Waals surface area contributed by atoms with Crippen molar-refractivity contribution in [3.63, 3.8) is 0 Å². The molecule has 0 spiro atoms. The van der Waals surface area contributed by atoms with Crippen LogP contribution in [0.2, 0.25) is 0 Å². The molecule has 2 heterocycles. The maximum atomic E-state index is 8.95. The zero-order valence-electron chi connectivity index (χ0n) is 28.8. The first kappa shape index (κ1) is 37.4. The van der Waals surface area contributed by atoms with E-state index in [9.17, 15) is 0 Å². The molecule has 0 amide bonds. The molecule has 1 aliphatic rings. The normalized spacial score (nSPS) is 14.7. The summed E-state index contributed by atoms with van der Waals surface area (Å²) in [5.41, 5.74) is 8.33. The van der Waals surface area contributed by atoms with Crippen LogP contribution in [0, 0.1) is 0 Å². The maximum Gasteiger partial charge on any atom is 0.241 e. The molecule has 0 radical (unpaired) electrons. The van der Waals surface area contributed by atoms with Crippen molar-refractivity contribution in [2.24, 2.45) is 10.9 Å². The molecule has 1 aromatic heterocycles. The molecular formula is C35H52N6O6S. The molecule has 1 unspecified atom stereocenters. The van der Waals surface area contributed by atoms with E-state index in [2.05, 4.69) is 46.0 Å². The van der Waals surface area contributed by atoms with Crippen LogP contribution in [0.4, 0.5) is 5.13 Å². The Morgan fingerprint density at radius 2 is 1.62 bits per heavy atom. The summed E-state index contributed by atoms with van der Waals surface area (Å²) in [6.45, 7) is 11.2. The lowest BCUT2D eigenvalue weighted by molar-refractivity contribution is -0.00211. The van der Waals surface area contributed by atoms with Gasteiger partial charge in [0.1, 0.15) is 11.5 Å². The summed E-state index contributed by atoms with van der Waals surface area (Å²) >= 11 is 1.74. The standard InChI is InChI=1S/C35H52N6O6S/c1-5-6-7-32(47-30-14-10-28(11-15-30)34(36)38-42)46-29-12-8-27(9-13-29)33-31(26-41(18-22-43-3)19-23-44-4)48-35(37-33)39(2)16-17-40-20-24-45-25-21-40/h8-15,32,42H,5-7,16-26H2,1-4H3,(H2,36,38). The molecule has 4 rings (SSSR count). The van der Waals surface area contributed by atoms with E-state index < -0.39 is 6.29 Å². The first-order chi connectivity index (χ1) is 23.4. The van der Waals surface area contributed by atoms with Crippen LogP contribution in [0.15, 0.2) is 53.7 Å². The van der Waals surface area contributed by atoms with Crippen molar-refractivity contribution < 1.29 is 28.9 Å². The number of hydrogen-bond donors (Lipinski definition) is 2. The average molecular weight is 685 g/mol. The van der Waals surface area contributed by atoms with Gasteiger partial charge in [-0.1, -0.05) is 29.8 Å². The van der Waals surface area contributed by atoms with E-state index in [-0.39, 0.29) is 5.84 Å². The number of likely N-dealkylation sites (N-methyl/N-ethyl adjacent to an activating group) is 1. The number of ether oxygens (including phenoxy) is 5. The summed E-state index contributed by atoms with van der Waals surface area (Å²) in [7, 11) is 5.59. The predicted octanol–water partition coefficient (Wildman–Crippen LogP) is 4.74. The lowest BCUT2D eigenvalue weighted by Gasteiger charge is -2.28. The lowest BCUT2D eigenvalue weighted by atomic mass is 10.1. The number of unbranched alkanes of at least 4 members (excludes halogenated alkanes) is 1. The van der Waals surface area contributed by atoms with Crippen molar-refractivity contribution in [3.05, 3.63) is 59.0 Å². The van der Waals surface area contributed by atoms with Crippen LogP contribution in [-0.2, 0) is 20.8 Å². The minimum absolute atomic E-state index is 0.0492. The van der Waals surface area contributed by atoms with Crippen LogP contribution in [0.3, 0.4) is 0 Å². The van der Waals surface area contributed by atoms with Crippen molar-refractivity contribution in [1.82, 2.24) is 14.8 Å². The van der Waals surface area contributed by atoms with Crippen LogP contribution in [0.25, 0.3) is 11.3 Å². The molecule has 1 fully saturated rings. The van der Waals surface area contributed by atoms with Gasteiger partial charge in [-0.25, -0.2) is 4.98 Å². The molecule has 0 aliphatic carbocycles. The summed E-state index contributed by atoms with van der Waals surface area (Å²) in [6.07, 6.45) is 2.24. The number of anilines is 1. The Morgan fingerprint density at radius 3 is 2.21 bits per heavy atom. The van der Waals surface area contributed by atoms with E-state index in [0.29, 0.717) is 24.5 Å². The first-order valence-corrected chi connectivity index (χ1v) is 17.5. The topological polar surface area (TPSA) is 127 Å². The molecule has 3 aromatic rings. The van der Waals surface area contributed by atoms with Gasteiger partial charge in [0.15, 0.2) is 11.0 Å². The number of thiazole rings is 1. The zero-order chi connectivity index (χ0) is 34.1. The van der Waals surface area contributed by atoms with Crippen LogP contribution in [0.1, 0.15) is 36.6 Å². The molecule has 48 heavy (non-hydrogen) atoms. The number of rotatable bonds is 21.